The Morgan fingerprint density at radius 2 is 2.00 bits per heavy atom. The minimum Gasteiger partial charge on any atom is -0.493 e. The molecule has 0 unspecified atom stereocenters. The third-order valence-corrected chi connectivity index (χ3v) is 3.57. The van der Waals surface area contributed by atoms with Gasteiger partial charge in [0.15, 0.2) is 18.1 Å². The third-order valence-electron chi connectivity index (χ3n) is 3.08. The van der Waals surface area contributed by atoms with Crippen LogP contribution in [0.25, 0.3) is 6.08 Å². The molecule has 0 aliphatic carbocycles. The Hall–Kier alpha value is -2.80. The summed E-state index contributed by atoms with van der Waals surface area (Å²) in [5.41, 5.74) is 6.49. The van der Waals surface area contributed by atoms with Crippen LogP contribution >= 0.6 is 15.9 Å². The number of rotatable bonds is 7. The monoisotopic (exact) mass is 404 g/mol. The molecular formula is C18H17BrN2O4. The zero-order valence-electron chi connectivity index (χ0n) is 13.5. The van der Waals surface area contributed by atoms with E-state index in [1.54, 1.807) is 36.4 Å². The van der Waals surface area contributed by atoms with E-state index in [1.165, 1.54) is 13.2 Å². The summed E-state index contributed by atoms with van der Waals surface area (Å²) in [5.74, 6) is 0.00852. The highest BCUT2D eigenvalue weighted by molar-refractivity contribution is 9.10. The van der Waals surface area contributed by atoms with Crippen LogP contribution in [0.2, 0.25) is 0 Å². The Kier molecular flexibility index (Phi) is 6.59. The van der Waals surface area contributed by atoms with Crippen molar-refractivity contribution in [3.8, 4) is 11.5 Å². The molecule has 0 radical (unpaired) electrons. The molecule has 0 atom stereocenters. The Morgan fingerprint density at radius 3 is 2.68 bits per heavy atom. The molecule has 0 saturated carbocycles. The summed E-state index contributed by atoms with van der Waals surface area (Å²) in [5, 5.41) is 2.76. The highest BCUT2D eigenvalue weighted by atomic mass is 79.9. The van der Waals surface area contributed by atoms with Gasteiger partial charge in [0.25, 0.3) is 5.91 Å². The summed E-state index contributed by atoms with van der Waals surface area (Å²) in [6, 6.07) is 12.4. The Bertz CT molecular complexity index is 805. The van der Waals surface area contributed by atoms with E-state index in [9.17, 15) is 9.59 Å². The van der Waals surface area contributed by atoms with Gasteiger partial charge in [-0.25, -0.2) is 0 Å². The van der Waals surface area contributed by atoms with E-state index in [0.29, 0.717) is 17.2 Å². The maximum absolute atomic E-state index is 12.0. The van der Waals surface area contributed by atoms with E-state index in [0.717, 1.165) is 10.0 Å². The number of amides is 2. The number of methoxy groups -OCH3 is 1. The van der Waals surface area contributed by atoms with Gasteiger partial charge in [-0.2, -0.15) is 0 Å². The number of carbonyl (C=O) groups is 2. The molecule has 25 heavy (non-hydrogen) atoms. The van der Waals surface area contributed by atoms with E-state index in [-0.39, 0.29) is 12.5 Å². The summed E-state index contributed by atoms with van der Waals surface area (Å²) in [6.07, 6.45) is 3.06. The van der Waals surface area contributed by atoms with Gasteiger partial charge in [0, 0.05) is 16.2 Å². The van der Waals surface area contributed by atoms with E-state index in [4.69, 9.17) is 15.2 Å². The molecule has 0 aliphatic heterocycles. The predicted octanol–water partition coefficient (Wildman–Crippen LogP) is 2.97. The minimum atomic E-state index is -0.574. The second-order valence-corrected chi connectivity index (χ2v) is 5.91. The van der Waals surface area contributed by atoms with Gasteiger partial charge in [-0.15, -0.1) is 0 Å². The summed E-state index contributed by atoms with van der Waals surface area (Å²) >= 11 is 3.35. The first-order valence-corrected chi connectivity index (χ1v) is 8.11. The number of hydrogen-bond donors (Lipinski definition) is 2. The van der Waals surface area contributed by atoms with E-state index in [1.807, 2.05) is 12.1 Å². The van der Waals surface area contributed by atoms with Crippen LogP contribution in [0.4, 0.5) is 5.69 Å². The van der Waals surface area contributed by atoms with Gasteiger partial charge in [-0.1, -0.05) is 28.1 Å². The average molecular weight is 405 g/mol. The lowest BCUT2D eigenvalue weighted by molar-refractivity contribution is -0.120. The molecule has 2 aromatic carbocycles. The molecule has 3 N–H and O–H groups in total. The smallest absolute Gasteiger partial charge is 0.255 e. The number of benzene rings is 2. The third kappa shape index (κ3) is 5.96. The second kappa shape index (κ2) is 8.89. The normalized spacial score (nSPS) is 10.5. The van der Waals surface area contributed by atoms with Gasteiger partial charge in [0.2, 0.25) is 5.91 Å². The molecule has 130 valence electrons. The summed E-state index contributed by atoms with van der Waals surface area (Å²) < 4.78 is 11.4. The van der Waals surface area contributed by atoms with Crippen LogP contribution < -0.4 is 20.5 Å². The Balaban J connectivity index is 2.04. The van der Waals surface area contributed by atoms with Gasteiger partial charge in [0.05, 0.1) is 7.11 Å². The lowest BCUT2D eigenvalue weighted by atomic mass is 10.2. The molecule has 2 amide bonds. The van der Waals surface area contributed by atoms with Gasteiger partial charge >= 0.3 is 0 Å². The topological polar surface area (TPSA) is 90.7 Å². The summed E-state index contributed by atoms with van der Waals surface area (Å²) in [4.78, 5) is 22.8. The van der Waals surface area contributed by atoms with Gasteiger partial charge < -0.3 is 20.5 Å². The Labute approximate surface area is 153 Å². The predicted molar refractivity (Wildman–Crippen MR) is 99.5 cm³/mol. The number of anilines is 1. The van der Waals surface area contributed by atoms with Crippen molar-refractivity contribution < 1.29 is 19.1 Å². The maximum atomic E-state index is 12.0. The number of primary amides is 1. The fourth-order valence-corrected chi connectivity index (χ4v) is 2.38. The standard InChI is InChI=1S/C18H17BrN2O4/c1-24-16-9-12(5-7-15(16)25-11-17(20)22)6-8-18(23)21-14-4-2-3-13(19)10-14/h2-10H,11H2,1H3,(H2,20,22)(H,21,23)/b8-6+. The largest absolute Gasteiger partial charge is 0.493 e. The highest BCUT2D eigenvalue weighted by Gasteiger charge is 2.06. The number of halogens is 1. The number of nitrogens with one attached hydrogen (secondary N) is 1. The van der Waals surface area contributed by atoms with Crippen molar-refractivity contribution in [2.45, 2.75) is 0 Å². The maximum Gasteiger partial charge on any atom is 0.255 e. The molecule has 0 saturated heterocycles. The van der Waals surface area contributed by atoms with Crippen molar-refractivity contribution in [3.05, 3.63) is 58.6 Å². The van der Waals surface area contributed by atoms with Crippen LogP contribution in [0.5, 0.6) is 11.5 Å². The molecule has 2 aromatic rings. The molecule has 0 aliphatic rings. The van der Waals surface area contributed by atoms with E-state index >= 15 is 0 Å². The number of nitrogens with two attached hydrogens (primary N) is 1. The first-order valence-electron chi connectivity index (χ1n) is 7.31. The minimum absolute atomic E-state index is 0.236. The fraction of sp³-hybridized carbons (Fsp3) is 0.111. The van der Waals surface area contributed by atoms with E-state index < -0.39 is 5.91 Å². The van der Waals surface area contributed by atoms with Crippen LogP contribution in [-0.4, -0.2) is 25.5 Å². The molecular weight excluding hydrogens is 388 g/mol. The van der Waals surface area contributed by atoms with Crippen molar-refractivity contribution in [1.29, 1.82) is 0 Å². The average Bonchev–Trinajstić information content (AvgIpc) is 2.58. The first-order chi connectivity index (χ1) is 12.0. The molecule has 0 aromatic heterocycles. The van der Waals surface area contributed by atoms with Crippen LogP contribution in [0.15, 0.2) is 53.0 Å². The fourth-order valence-electron chi connectivity index (χ4n) is 1.98. The van der Waals surface area contributed by atoms with Crippen LogP contribution in [0, 0.1) is 0 Å². The lowest BCUT2D eigenvalue weighted by Gasteiger charge is -2.10. The number of carbonyl (C=O) groups excluding carboxylic acids is 2. The lowest BCUT2D eigenvalue weighted by Crippen LogP contribution is -2.20. The molecule has 0 heterocycles. The van der Waals surface area contributed by atoms with Gasteiger partial charge in [-0.05, 0) is 42.0 Å². The first kappa shape index (κ1) is 18.5. The van der Waals surface area contributed by atoms with Crippen LogP contribution in [0.3, 0.4) is 0 Å². The zero-order valence-corrected chi connectivity index (χ0v) is 15.1. The molecule has 0 bridgehead atoms. The van der Waals surface area contributed by atoms with Crippen molar-refractivity contribution in [2.24, 2.45) is 5.73 Å². The van der Waals surface area contributed by atoms with Crippen LogP contribution in [0.1, 0.15) is 5.56 Å². The van der Waals surface area contributed by atoms with E-state index in [2.05, 4.69) is 21.2 Å². The number of hydrogen-bond acceptors (Lipinski definition) is 4. The van der Waals surface area contributed by atoms with Gasteiger partial charge in [-0.3, -0.25) is 9.59 Å². The SMILES string of the molecule is COc1cc(/C=C/C(=O)Nc2cccc(Br)c2)ccc1OCC(N)=O. The molecule has 7 heteroatoms. The highest BCUT2D eigenvalue weighted by Crippen LogP contribution is 2.28. The summed E-state index contributed by atoms with van der Waals surface area (Å²) in [6.45, 7) is -0.236. The molecule has 2 rings (SSSR count). The van der Waals surface area contributed by atoms with Crippen molar-refractivity contribution in [3.63, 3.8) is 0 Å². The van der Waals surface area contributed by atoms with Gasteiger partial charge in [0.1, 0.15) is 0 Å². The zero-order chi connectivity index (χ0) is 18.2. The Morgan fingerprint density at radius 1 is 1.20 bits per heavy atom. The molecule has 6 nitrogen and oxygen atoms in total. The summed E-state index contributed by atoms with van der Waals surface area (Å²) in [7, 11) is 1.49. The van der Waals surface area contributed by atoms with Crippen molar-refractivity contribution >= 4 is 39.5 Å². The van der Waals surface area contributed by atoms with Crippen LogP contribution in [-0.2, 0) is 9.59 Å². The van der Waals surface area contributed by atoms with Crippen molar-refractivity contribution in [2.75, 3.05) is 19.0 Å². The van der Waals surface area contributed by atoms with Crippen molar-refractivity contribution in [1.82, 2.24) is 0 Å². The second-order valence-electron chi connectivity index (χ2n) is 5.00. The quantitative estimate of drug-likeness (QED) is 0.693. The molecule has 0 spiro atoms. The number of ether oxygens (including phenoxy) is 2. The molecule has 0 fully saturated rings.